The van der Waals surface area contributed by atoms with Crippen LogP contribution < -0.4 is 10.6 Å². The minimum atomic E-state index is -4.77. The van der Waals surface area contributed by atoms with Gasteiger partial charge in [0.15, 0.2) is 0 Å². The van der Waals surface area contributed by atoms with E-state index in [1.165, 1.54) is 0 Å². The molecule has 0 saturated heterocycles. The number of carbonyl (C=O) groups excluding carboxylic acids is 1. The summed E-state index contributed by atoms with van der Waals surface area (Å²) in [7, 11) is 0. The Morgan fingerprint density at radius 3 is 2.25 bits per heavy atom. The minimum absolute atomic E-state index is 0.0128. The number of hydrogen-bond donors (Lipinski definition) is 2. The summed E-state index contributed by atoms with van der Waals surface area (Å²) >= 11 is 0. The molecule has 2 N–H and O–H groups in total. The second-order valence-electron chi connectivity index (χ2n) is 4.56. The maximum atomic E-state index is 12.1. The van der Waals surface area contributed by atoms with Crippen LogP contribution in [0.5, 0.6) is 0 Å². The van der Waals surface area contributed by atoms with E-state index in [9.17, 15) is 18.0 Å². The molecule has 2 saturated carbocycles. The SMILES string of the molecule is O=C(NC1CCCC1NC1CC1)C(F)(F)F. The predicted octanol–water partition coefficient (Wildman–Crippen LogP) is 1.34. The molecule has 0 spiro atoms. The van der Waals surface area contributed by atoms with Crippen LogP contribution in [0, 0.1) is 0 Å². The van der Waals surface area contributed by atoms with Gasteiger partial charge in [-0.25, -0.2) is 0 Å². The first-order valence-electron chi connectivity index (χ1n) is 5.60. The fourth-order valence-electron chi connectivity index (χ4n) is 2.14. The maximum Gasteiger partial charge on any atom is 0.471 e. The molecule has 2 fully saturated rings. The van der Waals surface area contributed by atoms with E-state index < -0.39 is 12.1 Å². The van der Waals surface area contributed by atoms with Crippen molar-refractivity contribution in [3.05, 3.63) is 0 Å². The standard InChI is InChI=1S/C10H15F3N2O/c11-10(12,13)9(16)15-8-3-1-2-7(8)14-6-4-5-6/h6-8,14H,1-5H2,(H,15,16). The largest absolute Gasteiger partial charge is 0.471 e. The van der Waals surface area contributed by atoms with E-state index in [0.717, 1.165) is 25.7 Å². The van der Waals surface area contributed by atoms with Crippen molar-refractivity contribution < 1.29 is 18.0 Å². The van der Waals surface area contributed by atoms with Gasteiger partial charge in [-0.15, -0.1) is 0 Å². The highest BCUT2D eigenvalue weighted by atomic mass is 19.4. The Morgan fingerprint density at radius 2 is 1.69 bits per heavy atom. The van der Waals surface area contributed by atoms with Gasteiger partial charge in [0.25, 0.3) is 0 Å². The number of hydrogen-bond acceptors (Lipinski definition) is 2. The molecular weight excluding hydrogens is 221 g/mol. The molecular formula is C10H15F3N2O. The van der Waals surface area contributed by atoms with Gasteiger partial charge < -0.3 is 10.6 Å². The van der Waals surface area contributed by atoms with E-state index in [0.29, 0.717) is 12.5 Å². The van der Waals surface area contributed by atoms with Crippen LogP contribution in [-0.2, 0) is 4.79 Å². The summed E-state index contributed by atoms with van der Waals surface area (Å²) in [5, 5.41) is 5.35. The topological polar surface area (TPSA) is 41.1 Å². The number of amides is 1. The number of halogens is 3. The van der Waals surface area contributed by atoms with Gasteiger partial charge in [-0.05, 0) is 32.1 Å². The highest BCUT2D eigenvalue weighted by molar-refractivity contribution is 5.82. The van der Waals surface area contributed by atoms with E-state index in [-0.39, 0.29) is 12.1 Å². The molecule has 2 atom stereocenters. The highest BCUT2D eigenvalue weighted by Crippen LogP contribution is 2.26. The summed E-state index contributed by atoms with van der Waals surface area (Å²) in [5.41, 5.74) is 0. The molecule has 0 aromatic carbocycles. The Kier molecular flexibility index (Phi) is 3.10. The summed E-state index contributed by atoms with van der Waals surface area (Å²) in [4.78, 5) is 10.8. The van der Waals surface area contributed by atoms with E-state index in [1.54, 1.807) is 0 Å². The number of carbonyl (C=O) groups is 1. The van der Waals surface area contributed by atoms with E-state index >= 15 is 0 Å². The van der Waals surface area contributed by atoms with Gasteiger partial charge in [-0.3, -0.25) is 4.79 Å². The van der Waals surface area contributed by atoms with Crippen molar-refractivity contribution in [1.82, 2.24) is 10.6 Å². The average molecular weight is 236 g/mol. The van der Waals surface area contributed by atoms with Crippen molar-refractivity contribution >= 4 is 5.91 Å². The molecule has 0 aromatic heterocycles. The molecule has 0 radical (unpaired) electrons. The van der Waals surface area contributed by atoms with Crippen LogP contribution >= 0.6 is 0 Å². The molecule has 3 nitrogen and oxygen atoms in total. The van der Waals surface area contributed by atoms with Crippen LogP contribution in [0.1, 0.15) is 32.1 Å². The Labute approximate surface area is 91.8 Å². The summed E-state index contributed by atoms with van der Waals surface area (Å²) in [6, 6.07) is 0.0990. The fourth-order valence-corrected chi connectivity index (χ4v) is 2.14. The summed E-state index contributed by atoms with van der Waals surface area (Å²) in [6.07, 6.45) is -0.238. The van der Waals surface area contributed by atoms with Crippen LogP contribution in [0.2, 0.25) is 0 Å². The smallest absolute Gasteiger partial charge is 0.344 e. The molecule has 2 unspecified atom stereocenters. The molecule has 0 heterocycles. The third-order valence-corrected chi connectivity index (χ3v) is 3.12. The van der Waals surface area contributed by atoms with Gasteiger partial charge in [-0.2, -0.15) is 13.2 Å². The monoisotopic (exact) mass is 236 g/mol. The van der Waals surface area contributed by atoms with Gasteiger partial charge in [0.2, 0.25) is 0 Å². The molecule has 0 aliphatic heterocycles. The summed E-state index contributed by atoms with van der Waals surface area (Å²) < 4.78 is 36.2. The second kappa shape index (κ2) is 4.24. The lowest BCUT2D eigenvalue weighted by Crippen LogP contribution is -2.50. The lowest BCUT2D eigenvalue weighted by Gasteiger charge is -2.22. The zero-order valence-electron chi connectivity index (χ0n) is 8.81. The van der Waals surface area contributed by atoms with Gasteiger partial charge in [0, 0.05) is 18.1 Å². The Morgan fingerprint density at radius 1 is 1.06 bits per heavy atom. The first-order valence-corrected chi connectivity index (χ1v) is 5.60. The lowest BCUT2D eigenvalue weighted by molar-refractivity contribution is -0.174. The average Bonchev–Trinajstić information content (AvgIpc) is 2.87. The van der Waals surface area contributed by atoms with Crippen molar-refractivity contribution in [3.8, 4) is 0 Å². The lowest BCUT2D eigenvalue weighted by atomic mass is 10.1. The minimum Gasteiger partial charge on any atom is -0.344 e. The van der Waals surface area contributed by atoms with Crippen molar-refractivity contribution in [2.24, 2.45) is 0 Å². The number of rotatable bonds is 3. The Hall–Kier alpha value is -0.780. The molecule has 0 bridgehead atoms. The van der Waals surface area contributed by atoms with Gasteiger partial charge >= 0.3 is 12.1 Å². The molecule has 16 heavy (non-hydrogen) atoms. The van der Waals surface area contributed by atoms with Crippen LogP contribution in [0.3, 0.4) is 0 Å². The van der Waals surface area contributed by atoms with Crippen molar-refractivity contribution in [2.45, 2.75) is 56.4 Å². The zero-order chi connectivity index (χ0) is 11.8. The fraction of sp³-hybridized carbons (Fsp3) is 0.900. The maximum absolute atomic E-state index is 12.1. The van der Waals surface area contributed by atoms with Crippen molar-refractivity contribution in [2.75, 3.05) is 0 Å². The van der Waals surface area contributed by atoms with Crippen LogP contribution in [0.4, 0.5) is 13.2 Å². The van der Waals surface area contributed by atoms with Crippen LogP contribution in [-0.4, -0.2) is 30.2 Å². The van der Waals surface area contributed by atoms with E-state index in [4.69, 9.17) is 0 Å². The molecule has 2 rings (SSSR count). The zero-order valence-corrected chi connectivity index (χ0v) is 8.81. The Balaban J connectivity index is 1.85. The van der Waals surface area contributed by atoms with Crippen molar-refractivity contribution in [3.63, 3.8) is 0 Å². The predicted molar refractivity (Wildman–Crippen MR) is 51.8 cm³/mol. The van der Waals surface area contributed by atoms with Gasteiger partial charge in [-0.1, -0.05) is 0 Å². The van der Waals surface area contributed by atoms with Gasteiger partial charge in [0.1, 0.15) is 0 Å². The molecule has 6 heteroatoms. The first-order chi connectivity index (χ1) is 7.47. The number of alkyl halides is 3. The molecule has 1 amide bonds. The quantitative estimate of drug-likeness (QED) is 0.776. The van der Waals surface area contributed by atoms with Crippen LogP contribution in [0.25, 0.3) is 0 Å². The van der Waals surface area contributed by atoms with Crippen LogP contribution in [0.15, 0.2) is 0 Å². The van der Waals surface area contributed by atoms with E-state index in [2.05, 4.69) is 10.6 Å². The third-order valence-electron chi connectivity index (χ3n) is 3.12. The molecule has 2 aliphatic rings. The first kappa shape index (κ1) is 11.7. The molecule has 2 aliphatic carbocycles. The highest BCUT2D eigenvalue weighted by Gasteiger charge is 2.42. The van der Waals surface area contributed by atoms with E-state index in [1.807, 2.05) is 0 Å². The van der Waals surface area contributed by atoms with Gasteiger partial charge in [0.05, 0.1) is 0 Å². The Bertz CT molecular complexity index is 276. The summed E-state index contributed by atoms with van der Waals surface area (Å²) in [5.74, 6) is -1.82. The summed E-state index contributed by atoms with van der Waals surface area (Å²) in [6.45, 7) is 0. The number of nitrogens with one attached hydrogen (secondary N) is 2. The van der Waals surface area contributed by atoms with Crippen molar-refractivity contribution in [1.29, 1.82) is 0 Å². The normalized spacial score (nSPS) is 30.4. The molecule has 92 valence electrons. The molecule has 0 aromatic rings. The second-order valence-corrected chi connectivity index (χ2v) is 4.56. The third kappa shape index (κ3) is 2.87.